The van der Waals surface area contributed by atoms with Gasteiger partial charge in [0.05, 0.1) is 12.7 Å². The van der Waals surface area contributed by atoms with Crippen molar-refractivity contribution in [3.8, 4) is 0 Å². The zero-order chi connectivity index (χ0) is 16.4. The van der Waals surface area contributed by atoms with E-state index >= 15 is 0 Å². The van der Waals surface area contributed by atoms with Crippen molar-refractivity contribution in [3.63, 3.8) is 0 Å². The summed E-state index contributed by atoms with van der Waals surface area (Å²) in [6.07, 6.45) is 4.47. The van der Waals surface area contributed by atoms with E-state index in [1.54, 1.807) is 6.33 Å². The van der Waals surface area contributed by atoms with Crippen LogP contribution in [0.1, 0.15) is 0 Å². The van der Waals surface area contributed by atoms with E-state index < -0.39 is 11.2 Å². The molecule has 23 heavy (non-hydrogen) atoms. The van der Waals surface area contributed by atoms with Gasteiger partial charge in [-0.3, -0.25) is 14.8 Å². The minimum Gasteiger partial charge on any atom is -0.361 e. The lowest BCUT2D eigenvalue weighted by molar-refractivity contribution is 1.06. The number of hydrogen-bond donors (Lipinski definition) is 4. The van der Waals surface area contributed by atoms with Crippen LogP contribution in [-0.2, 0) is 0 Å². The van der Waals surface area contributed by atoms with E-state index in [1.807, 2.05) is 19.0 Å². The molecular weight excluding hydrogens is 302 g/mol. The number of rotatable bonds is 1. The quantitative estimate of drug-likeness (QED) is 0.364. The second-order valence-corrected chi connectivity index (χ2v) is 4.73. The van der Waals surface area contributed by atoms with Crippen molar-refractivity contribution in [2.75, 3.05) is 19.0 Å². The van der Waals surface area contributed by atoms with Gasteiger partial charge in [0, 0.05) is 14.1 Å². The molecule has 4 rings (SSSR count). The van der Waals surface area contributed by atoms with Crippen molar-refractivity contribution >= 4 is 28.1 Å². The molecule has 11 nitrogen and oxygen atoms in total. The van der Waals surface area contributed by atoms with Crippen LogP contribution >= 0.6 is 0 Å². The zero-order valence-corrected chi connectivity index (χ0v) is 12.3. The third-order valence-electron chi connectivity index (χ3n) is 2.95. The lowest BCUT2D eigenvalue weighted by atomic mass is 10.5. The van der Waals surface area contributed by atoms with Crippen molar-refractivity contribution in [2.45, 2.75) is 0 Å². The largest absolute Gasteiger partial charge is 0.361 e. The van der Waals surface area contributed by atoms with E-state index in [2.05, 4.69) is 39.9 Å². The fraction of sp³-hybridized carbons (Fsp3) is 0.167. The van der Waals surface area contributed by atoms with Crippen LogP contribution in [0.25, 0.3) is 22.3 Å². The number of fused-ring (bicyclic) bond motifs is 2. The van der Waals surface area contributed by atoms with Crippen LogP contribution in [0.2, 0.25) is 0 Å². The molecule has 0 aliphatic carbocycles. The Morgan fingerprint density at radius 2 is 1.65 bits per heavy atom. The number of hydrogen-bond acceptors (Lipinski definition) is 7. The third-order valence-corrected chi connectivity index (χ3v) is 2.95. The summed E-state index contributed by atoms with van der Waals surface area (Å²) in [7, 11) is 3.87. The first-order valence-corrected chi connectivity index (χ1v) is 6.53. The summed E-state index contributed by atoms with van der Waals surface area (Å²) in [4.78, 5) is 49.3. The summed E-state index contributed by atoms with van der Waals surface area (Å²) in [6, 6.07) is 0. The van der Waals surface area contributed by atoms with Gasteiger partial charge in [-0.2, -0.15) is 0 Å². The van der Waals surface area contributed by atoms with Crippen molar-refractivity contribution in [3.05, 3.63) is 39.8 Å². The molecule has 0 saturated carbocycles. The molecule has 4 aromatic heterocycles. The van der Waals surface area contributed by atoms with Crippen molar-refractivity contribution in [1.82, 2.24) is 39.9 Å². The Kier molecular flexibility index (Phi) is 3.58. The fourth-order valence-corrected chi connectivity index (χ4v) is 1.96. The SMILES string of the molecule is CN(C)c1ncnc2nc[nH]c12.O=c1[nH]c(=O)c2[nH]cnc2[nH]1. The molecule has 11 heteroatoms. The van der Waals surface area contributed by atoms with Gasteiger partial charge in [-0.25, -0.2) is 24.7 Å². The van der Waals surface area contributed by atoms with Crippen molar-refractivity contribution in [1.29, 1.82) is 0 Å². The predicted octanol–water partition coefficient (Wildman–Crippen LogP) is -0.642. The van der Waals surface area contributed by atoms with Crippen LogP contribution in [0.3, 0.4) is 0 Å². The minimum atomic E-state index is -0.547. The highest BCUT2D eigenvalue weighted by Crippen LogP contribution is 2.16. The molecule has 118 valence electrons. The van der Waals surface area contributed by atoms with E-state index in [4.69, 9.17) is 0 Å². The maximum absolute atomic E-state index is 10.9. The van der Waals surface area contributed by atoms with Gasteiger partial charge in [0.1, 0.15) is 17.4 Å². The summed E-state index contributed by atoms with van der Waals surface area (Å²) in [5.41, 5.74) is 1.13. The topological polar surface area (TPSA) is 152 Å². The second-order valence-electron chi connectivity index (χ2n) is 4.73. The van der Waals surface area contributed by atoms with Gasteiger partial charge in [0.2, 0.25) is 0 Å². The first-order valence-electron chi connectivity index (χ1n) is 6.53. The smallest absolute Gasteiger partial charge is 0.327 e. The summed E-state index contributed by atoms with van der Waals surface area (Å²) >= 11 is 0. The fourth-order valence-electron chi connectivity index (χ4n) is 1.96. The molecule has 4 aromatic rings. The Morgan fingerprint density at radius 3 is 2.43 bits per heavy atom. The average molecular weight is 315 g/mol. The van der Waals surface area contributed by atoms with Gasteiger partial charge in [0.25, 0.3) is 5.56 Å². The molecular formula is C12H13N9O2. The third kappa shape index (κ3) is 2.79. The predicted molar refractivity (Wildman–Crippen MR) is 83.3 cm³/mol. The van der Waals surface area contributed by atoms with Gasteiger partial charge in [-0.1, -0.05) is 0 Å². The summed E-state index contributed by atoms with van der Waals surface area (Å²) in [5, 5.41) is 0. The second kappa shape index (κ2) is 5.71. The Labute approximate surface area is 127 Å². The monoisotopic (exact) mass is 315 g/mol. The molecule has 0 bridgehead atoms. The van der Waals surface area contributed by atoms with E-state index in [0.717, 1.165) is 11.3 Å². The van der Waals surface area contributed by atoms with Gasteiger partial charge in [0.15, 0.2) is 17.1 Å². The normalized spacial score (nSPS) is 10.5. The molecule has 0 fully saturated rings. The highest BCUT2D eigenvalue weighted by molar-refractivity contribution is 5.82. The summed E-state index contributed by atoms with van der Waals surface area (Å²) in [6.45, 7) is 0. The molecule has 0 atom stereocenters. The Balaban J connectivity index is 0.000000136. The molecule has 4 heterocycles. The first kappa shape index (κ1) is 14.4. The van der Waals surface area contributed by atoms with Crippen LogP contribution in [0, 0.1) is 0 Å². The van der Waals surface area contributed by atoms with Crippen LogP contribution < -0.4 is 16.1 Å². The summed E-state index contributed by atoms with van der Waals surface area (Å²) < 4.78 is 0. The van der Waals surface area contributed by atoms with Crippen molar-refractivity contribution in [2.24, 2.45) is 0 Å². The van der Waals surface area contributed by atoms with E-state index in [1.165, 1.54) is 12.7 Å². The number of nitrogens with one attached hydrogen (secondary N) is 4. The van der Waals surface area contributed by atoms with Gasteiger partial charge < -0.3 is 14.9 Å². The maximum atomic E-state index is 10.9. The number of anilines is 1. The Morgan fingerprint density at radius 1 is 0.913 bits per heavy atom. The van der Waals surface area contributed by atoms with E-state index in [9.17, 15) is 9.59 Å². The van der Waals surface area contributed by atoms with E-state index in [-0.39, 0.29) is 11.2 Å². The maximum Gasteiger partial charge on any atom is 0.327 e. The molecule has 0 aliphatic rings. The molecule has 0 saturated heterocycles. The average Bonchev–Trinajstić information content (AvgIpc) is 3.15. The van der Waals surface area contributed by atoms with Crippen LogP contribution in [-0.4, -0.2) is 54.0 Å². The molecule has 0 amide bonds. The number of nitrogens with zero attached hydrogens (tertiary/aromatic N) is 5. The van der Waals surface area contributed by atoms with Gasteiger partial charge in [-0.05, 0) is 0 Å². The highest BCUT2D eigenvalue weighted by Gasteiger charge is 2.05. The highest BCUT2D eigenvalue weighted by atomic mass is 16.2. The lowest BCUT2D eigenvalue weighted by Gasteiger charge is -2.10. The lowest BCUT2D eigenvalue weighted by Crippen LogP contribution is -2.21. The van der Waals surface area contributed by atoms with Gasteiger partial charge in [-0.15, -0.1) is 0 Å². The molecule has 0 aromatic carbocycles. The Hall–Kier alpha value is -3.50. The Bertz CT molecular complexity index is 1060. The zero-order valence-electron chi connectivity index (χ0n) is 12.3. The molecule has 0 aliphatic heterocycles. The number of aromatic amines is 4. The van der Waals surface area contributed by atoms with Crippen LogP contribution in [0.4, 0.5) is 5.82 Å². The number of imidazole rings is 2. The first-order chi connectivity index (χ1) is 11.1. The van der Waals surface area contributed by atoms with Crippen molar-refractivity contribution < 1.29 is 0 Å². The summed E-state index contributed by atoms with van der Waals surface area (Å²) in [5.74, 6) is 0.859. The molecule has 0 radical (unpaired) electrons. The van der Waals surface area contributed by atoms with Crippen LogP contribution in [0.5, 0.6) is 0 Å². The van der Waals surface area contributed by atoms with E-state index in [0.29, 0.717) is 5.65 Å². The molecule has 0 spiro atoms. The minimum absolute atomic E-state index is 0.277. The number of H-pyrrole nitrogens is 4. The molecule has 4 N–H and O–H groups in total. The molecule has 0 unspecified atom stereocenters. The van der Waals surface area contributed by atoms with Crippen LogP contribution in [0.15, 0.2) is 28.6 Å². The standard InChI is InChI=1S/C7H9N5.C5H4N4O2/c1-12(2)7-5-6(9-3-8-5)10-4-11-7;10-4-2-3(7-1-6-2)8-5(11)9-4/h3-4H,1-2H3,(H,8,9,10,11);1H,(H3,6,7,8,9,10,11). The number of aromatic nitrogens is 8. The van der Waals surface area contributed by atoms with Gasteiger partial charge >= 0.3 is 5.69 Å².